The molecule has 2 nitrogen and oxygen atoms in total. The van der Waals surface area contributed by atoms with Crippen LogP contribution in [0, 0.1) is 12.3 Å². The standard InChI is InChI=1S/C15H20ClNO/c1-12-4-2-3-5-13(12)6-7-14(18)17-11-15(10-16)8-9-15/h2-5H,6-11H2,1H3,(H,17,18). The van der Waals surface area contributed by atoms with Crippen molar-refractivity contribution in [3.8, 4) is 0 Å². The molecular weight excluding hydrogens is 246 g/mol. The molecule has 0 spiro atoms. The van der Waals surface area contributed by atoms with Crippen molar-refractivity contribution in [1.82, 2.24) is 5.32 Å². The van der Waals surface area contributed by atoms with Crippen molar-refractivity contribution < 1.29 is 4.79 Å². The van der Waals surface area contributed by atoms with Gasteiger partial charge < -0.3 is 5.32 Å². The van der Waals surface area contributed by atoms with Crippen molar-refractivity contribution in [2.75, 3.05) is 12.4 Å². The number of halogens is 1. The Bertz CT molecular complexity index is 426. The highest BCUT2D eigenvalue weighted by atomic mass is 35.5. The predicted octanol–water partition coefficient (Wildman–Crippen LogP) is 3.06. The lowest BCUT2D eigenvalue weighted by molar-refractivity contribution is -0.121. The average molecular weight is 266 g/mol. The third kappa shape index (κ3) is 3.49. The first-order valence-electron chi connectivity index (χ1n) is 6.52. The van der Waals surface area contributed by atoms with Gasteiger partial charge >= 0.3 is 0 Å². The van der Waals surface area contributed by atoms with Crippen LogP contribution in [0.5, 0.6) is 0 Å². The first-order chi connectivity index (χ1) is 8.65. The van der Waals surface area contributed by atoms with Gasteiger partial charge in [0.1, 0.15) is 0 Å². The number of carbonyl (C=O) groups excluding carboxylic acids is 1. The van der Waals surface area contributed by atoms with Gasteiger partial charge in [-0.15, -0.1) is 11.6 Å². The third-order valence-electron chi connectivity index (χ3n) is 3.78. The van der Waals surface area contributed by atoms with Crippen molar-refractivity contribution in [3.05, 3.63) is 35.4 Å². The molecule has 98 valence electrons. The predicted molar refractivity (Wildman–Crippen MR) is 74.9 cm³/mol. The summed E-state index contributed by atoms with van der Waals surface area (Å²) in [5, 5.41) is 3.00. The number of carbonyl (C=O) groups is 1. The molecule has 0 atom stereocenters. The monoisotopic (exact) mass is 265 g/mol. The number of benzene rings is 1. The Morgan fingerprint density at radius 2 is 2.11 bits per heavy atom. The highest BCUT2D eigenvalue weighted by Crippen LogP contribution is 2.45. The summed E-state index contributed by atoms with van der Waals surface area (Å²) in [7, 11) is 0. The molecule has 1 fully saturated rings. The van der Waals surface area contributed by atoms with Crippen LogP contribution >= 0.6 is 11.6 Å². The lowest BCUT2D eigenvalue weighted by Gasteiger charge is -2.12. The van der Waals surface area contributed by atoms with Gasteiger partial charge in [-0.3, -0.25) is 4.79 Å². The van der Waals surface area contributed by atoms with Crippen LogP contribution < -0.4 is 5.32 Å². The summed E-state index contributed by atoms with van der Waals surface area (Å²) in [5.41, 5.74) is 2.72. The van der Waals surface area contributed by atoms with E-state index in [1.165, 1.54) is 11.1 Å². The molecule has 1 N–H and O–H groups in total. The number of hydrogen-bond donors (Lipinski definition) is 1. The molecule has 18 heavy (non-hydrogen) atoms. The summed E-state index contributed by atoms with van der Waals surface area (Å²) in [6.07, 6.45) is 3.67. The zero-order valence-corrected chi connectivity index (χ0v) is 11.6. The van der Waals surface area contributed by atoms with E-state index in [-0.39, 0.29) is 11.3 Å². The molecule has 3 heteroatoms. The van der Waals surface area contributed by atoms with Crippen LogP contribution in [0.3, 0.4) is 0 Å². The molecule has 0 radical (unpaired) electrons. The van der Waals surface area contributed by atoms with Gasteiger partial charge in [-0.05, 0) is 37.3 Å². The Morgan fingerprint density at radius 1 is 1.39 bits per heavy atom. The number of alkyl halides is 1. The smallest absolute Gasteiger partial charge is 0.220 e. The summed E-state index contributed by atoms with van der Waals surface area (Å²) in [6.45, 7) is 2.82. The molecule has 1 aliphatic carbocycles. The summed E-state index contributed by atoms with van der Waals surface area (Å²) >= 11 is 5.88. The van der Waals surface area contributed by atoms with Gasteiger partial charge in [-0.1, -0.05) is 24.3 Å². The second-order valence-corrected chi connectivity index (χ2v) is 5.60. The molecule has 1 amide bonds. The Kier molecular flexibility index (Phi) is 4.28. The number of hydrogen-bond acceptors (Lipinski definition) is 1. The fourth-order valence-electron chi connectivity index (χ4n) is 2.05. The quantitative estimate of drug-likeness (QED) is 0.787. The third-order valence-corrected chi connectivity index (χ3v) is 4.35. The first-order valence-corrected chi connectivity index (χ1v) is 7.06. The highest BCUT2D eigenvalue weighted by molar-refractivity contribution is 6.18. The summed E-state index contributed by atoms with van der Waals surface area (Å²) in [6, 6.07) is 8.22. The van der Waals surface area contributed by atoms with Crippen LogP contribution in [-0.2, 0) is 11.2 Å². The molecule has 0 unspecified atom stereocenters. The second kappa shape index (κ2) is 5.75. The summed E-state index contributed by atoms with van der Waals surface area (Å²) < 4.78 is 0. The van der Waals surface area contributed by atoms with Gasteiger partial charge in [0.2, 0.25) is 5.91 Å². The zero-order chi connectivity index (χ0) is 13.0. The summed E-state index contributed by atoms with van der Waals surface area (Å²) in [5.74, 6) is 0.792. The fourth-order valence-corrected chi connectivity index (χ4v) is 2.41. The molecule has 2 rings (SSSR count). The minimum absolute atomic E-state index is 0.134. The molecule has 0 aromatic heterocycles. The van der Waals surface area contributed by atoms with Crippen LogP contribution in [0.1, 0.15) is 30.4 Å². The van der Waals surface area contributed by atoms with E-state index in [0.717, 1.165) is 25.8 Å². The van der Waals surface area contributed by atoms with Gasteiger partial charge in [-0.25, -0.2) is 0 Å². The van der Waals surface area contributed by atoms with Gasteiger partial charge in [0, 0.05) is 24.3 Å². The molecule has 0 aliphatic heterocycles. The number of rotatable bonds is 6. The van der Waals surface area contributed by atoms with E-state index in [4.69, 9.17) is 11.6 Å². The topological polar surface area (TPSA) is 29.1 Å². The Hall–Kier alpha value is -1.02. The SMILES string of the molecule is Cc1ccccc1CCC(=O)NCC1(CCl)CC1. The van der Waals surface area contributed by atoms with E-state index < -0.39 is 0 Å². The normalized spacial score (nSPS) is 16.3. The number of amides is 1. The first kappa shape index (κ1) is 13.4. The highest BCUT2D eigenvalue weighted by Gasteiger charge is 2.41. The minimum atomic E-state index is 0.134. The maximum Gasteiger partial charge on any atom is 0.220 e. The molecule has 0 bridgehead atoms. The van der Waals surface area contributed by atoms with E-state index >= 15 is 0 Å². The maximum absolute atomic E-state index is 11.8. The van der Waals surface area contributed by atoms with Crippen molar-refractivity contribution in [2.45, 2.75) is 32.6 Å². The van der Waals surface area contributed by atoms with Crippen molar-refractivity contribution in [3.63, 3.8) is 0 Å². The van der Waals surface area contributed by atoms with Crippen molar-refractivity contribution >= 4 is 17.5 Å². The van der Waals surface area contributed by atoms with E-state index in [1.54, 1.807) is 0 Å². The molecule has 0 saturated heterocycles. The van der Waals surface area contributed by atoms with Crippen LogP contribution in [-0.4, -0.2) is 18.3 Å². The molecule has 0 heterocycles. The summed E-state index contributed by atoms with van der Waals surface area (Å²) in [4.78, 5) is 11.8. The second-order valence-electron chi connectivity index (χ2n) is 5.34. The Morgan fingerprint density at radius 3 is 2.72 bits per heavy atom. The van der Waals surface area contributed by atoms with Gasteiger partial charge in [0.25, 0.3) is 0 Å². The average Bonchev–Trinajstić information content (AvgIpc) is 3.16. The Balaban J connectivity index is 1.74. The molecular formula is C15H20ClNO. The van der Waals surface area contributed by atoms with Gasteiger partial charge in [-0.2, -0.15) is 0 Å². The van der Waals surface area contributed by atoms with Crippen LogP contribution in [0.25, 0.3) is 0 Å². The zero-order valence-electron chi connectivity index (χ0n) is 10.8. The molecule has 1 aliphatic rings. The van der Waals surface area contributed by atoms with Crippen LogP contribution in [0.4, 0.5) is 0 Å². The van der Waals surface area contributed by atoms with Crippen molar-refractivity contribution in [1.29, 1.82) is 0 Å². The van der Waals surface area contributed by atoms with E-state index in [0.29, 0.717) is 12.3 Å². The van der Waals surface area contributed by atoms with E-state index in [2.05, 4.69) is 24.4 Å². The molecule has 1 saturated carbocycles. The van der Waals surface area contributed by atoms with E-state index in [9.17, 15) is 4.79 Å². The number of aryl methyl sites for hydroxylation is 2. The Labute approximate surface area is 114 Å². The van der Waals surface area contributed by atoms with Crippen LogP contribution in [0.2, 0.25) is 0 Å². The molecule has 1 aromatic rings. The fraction of sp³-hybridized carbons (Fsp3) is 0.533. The van der Waals surface area contributed by atoms with Gasteiger partial charge in [0.05, 0.1) is 0 Å². The van der Waals surface area contributed by atoms with Crippen LogP contribution in [0.15, 0.2) is 24.3 Å². The van der Waals surface area contributed by atoms with Crippen molar-refractivity contribution in [2.24, 2.45) is 5.41 Å². The minimum Gasteiger partial charge on any atom is -0.355 e. The number of nitrogens with one attached hydrogen (secondary N) is 1. The largest absolute Gasteiger partial charge is 0.355 e. The van der Waals surface area contributed by atoms with E-state index in [1.807, 2.05) is 12.1 Å². The lowest BCUT2D eigenvalue weighted by atomic mass is 10.0. The van der Waals surface area contributed by atoms with Gasteiger partial charge in [0.15, 0.2) is 0 Å². The lowest BCUT2D eigenvalue weighted by Crippen LogP contribution is -2.31. The maximum atomic E-state index is 11.8. The molecule has 1 aromatic carbocycles.